The van der Waals surface area contributed by atoms with Gasteiger partial charge in [-0.05, 0) is 36.8 Å². The molecule has 1 amide bonds. The summed E-state index contributed by atoms with van der Waals surface area (Å²) in [4.78, 5) is 21.8. The number of carbonyl (C=O) groups is 2. The minimum Gasteiger partial charge on any atom is -0.550 e. The summed E-state index contributed by atoms with van der Waals surface area (Å²) >= 11 is 0. The van der Waals surface area contributed by atoms with Crippen molar-refractivity contribution in [1.29, 1.82) is 0 Å². The first-order valence-corrected chi connectivity index (χ1v) is 7.03. The average molecular weight is 276 g/mol. The SMILES string of the molecule is CC[C@@H](C)c1ccc([C@H](C)NC(=O)CCC(=O)[O-])cc1. The maximum atomic E-state index is 11.6. The number of aliphatic carboxylic acids is 1. The second kappa shape index (κ2) is 7.68. The highest BCUT2D eigenvalue weighted by Gasteiger charge is 2.10. The monoisotopic (exact) mass is 276 g/mol. The van der Waals surface area contributed by atoms with Gasteiger partial charge in [0.05, 0.1) is 6.04 Å². The predicted molar refractivity (Wildman–Crippen MR) is 75.9 cm³/mol. The topological polar surface area (TPSA) is 69.2 Å². The van der Waals surface area contributed by atoms with E-state index in [1.165, 1.54) is 5.56 Å². The van der Waals surface area contributed by atoms with Crippen molar-refractivity contribution < 1.29 is 14.7 Å². The molecule has 1 rings (SSSR count). The van der Waals surface area contributed by atoms with Crippen molar-refractivity contribution in [3.05, 3.63) is 35.4 Å². The Kier molecular flexibility index (Phi) is 6.22. The lowest BCUT2D eigenvalue weighted by molar-refractivity contribution is -0.305. The van der Waals surface area contributed by atoms with Crippen molar-refractivity contribution in [3.63, 3.8) is 0 Å². The highest BCUT2D eigenvalue weighted by atomic mass is 16.4. The smallest absolute Gasteiger partial charge is 0.220 e. The maximum Gasteiger partial charge on any atom is 0.220 e. The van der Waals surface area contributed by atoms with Crippen LogP contribution in [0.2, 0.25) is 0 Å². The number of carboxylic acids is 1. The first-order valence-electron chi connectivity index (χ1n) is 7.03. The molecule has 2 atom stereocenters. The van der Waals surface area contributed by atoms with Crippen molar-refractivity contribution in [2.45, 2.75) is 52.0 Å². The van der Waals surface area contributed by atoms with Crippen LogP contribution in [0, 0.1) is 0 Å². The van der Waals surface area contributed by atoms with Crippen LogP contribution < -0.4 is 10.4 Å². The number of carbonyl (C=O) groups excluding carboxylic acids is 2. The van der Waals surface area contributed by atoms with E-state index in [1.54, 1.807) is 0 Å². The van der Waals surface area contributed by atoms with Gasteiger partial charge in [-0.3, -0.25) is 4.79 Å². The molecular formula is C16H22NO3-. The molecule has 0 saturated heterocycles. The standard InChI is InChI=1S/C16H23NO3/c1-4-11(2)13-5-7-14(8-6-13)12(3)17-15(18)9-10-16(19)20/h5-8,11-12H,4,9-10H2,1-3H3,(H,17,18)(H,19,20)/p-1/t11-,12+/m1/s1. The number of hydrogen-bond donors (Lipinski definition) is 1. The van der Waals surface area contributed by atoms with E-state index in [9.17, 15) is 14.7 Å². The van der Waals surface area contributed by atoms with Gasteiger partial charge in [0.1, 0.15) is 0 Å². The lowest BCUT2D eigenvalue weighted by Crippen LogP contribution is -2.29. The number of carboxylic acid groups (broad SMARTS) is 1. The Labute approximate surface area is 120 Å². The van der Waals surface area contributed by atoms with E-state index in [-0.39, 0.29) is 24.8 Å². The Balaban J connectivity index is 2.57. The Morgan fingerprint density at radius 3 is 2.15 bits per heavy atom. The minimum absolute atomic E-state index is 0.0440. The molecule has 0 aliphatic heterocycles. The van der Waals surface area contributed by atoms with Gasteiger partial charge in [-0.1, -0.05) is 38.1 Å². The van der Waals surface area contributed by atoms with Gasteiger partial charge in [0, 0.05) is 12.4 Å². The molecule has 0 spiro atoms. The van der Waals surface area contributed by atoms with Gasteiger partial charge in [0.15, 0.2) is 0 Å². The van der Waals surface area contributed by atoms with Crippen LogP contribution >= 0.6 is 0 Å². The van der Waals surface area contributed by atoms with E-state index in [1.807, 2.05) is 19.1 Å². The largest absolute Gasteiger partial charge is 0.550 e. The molecule has 1 aromatic carbocycles. The van der Waals surface area contributed by atoms with Crippen LogP contribution in [0.5, 0.6) is 0 Å². The van der Waals surface area contributed by atoms with E-state index in [0.29, 0.717) is 5.92 Å². The molecule has 1 N–H and O–H groups in total. The summed E-state index contributed by atoms with van der Waals surface area (Å²) in [5.41, 5.74) is 2.30. The van der Waals surface area contributed by atoms with Crippen LogP contribution in [0.3, 0.4) is 0 Å². The zero-order chi connectivity index (χ0) is 15.1. The lowest BCUT2D eigenvalue weighted by atomic mass is 9.96. The first-order chi connectivity index (χ1) is 9.43. The normalized spacial score (nSPS) is 13.6. The van der Waals surface area contributed by atoms with Gasteiger partial charge in [-0.25, -0.2) is 0 Å². The van der Waals surface area contributed by atoms with Crippen molar-refractivity contribution >= 4 is 11.9 Å². The molecular weight excluding hydrogens is 254 g/mol. The van der Waals surface area contributed by atoms with Crippen molar-refractivity contribution in [2.75, 3.05) is 0 Å². The zero-order valence-corrected chi connectivity index (χ0v) is 12.3. The van der Waals surface area contributed by atoms with Gasteiger partial charge < -0.3 is 15.2 Å². The molecule has 4 nitrogen and oxygen atoms in total. The molecule has 1 aromatic rings. The fourth-order valence-electron chi connectivity index (χ4n) is 1.96. The van der Waals surface area contributed by atoms with E-state index >= 15 is 0 Å². The molecule has 0 fully saturated rings. The Morgan fingerprint density at radius 1 is 1.10 bits per heavy atom. The average Bonchev–Trinajstić information content (AvgIpc) is 2.44. The summed E-state index contributed by atoms with van der Waals surface area (Å²) in [7, 11) is 0. The molecule has 20 heavy (non-hydrogen) atoms. The summed E-state index contributed by atoms with van der Waals surface area (Å²) < 4.78 is 0. The predicted octanol–water partition coefficient (Wildman–Crippen LogP) is 1.91. The van der Waals surface area contributed by atoms with Gasteiger partial charge >= 0.3 is 0 Å². The highest BCUT2D eigenvalue weighted by Crippen LogP contribution is 2.21. The maximum absolute atomic E-state index is 11.6. The number of rotatable bonds is 7. The van der Waals surface area contributed by atoms with Gasteiger partial charge in [0.2, 0.25) is 5.91 Å². The highest BCUT2D eigenvalue weighted by molar-refractivity contribution is 5.80. The second-order valence-electron chi connectivity index (χ2n) is 5.14. The summed E-state index contributed by atoms with van der Waals surface area (Å²) in [5, 5.41) is 13.1. The molecule has 0 unspecified atom stereocenters. The van der Waals surface area contributed by atoms with Crippen LogP contribution in [0.15, 0.2) is 24.3 Å². The van der Waals surface area contributed by atoms with E-state index < -0.39 is 5.97 Å². The Bertz CT molecular complexity index is 453. The third kappa shape index (κ3) is 5.03. The summed E-state index contributed by atoms with van der Waals surface area (Å²) in [6.45, 7) is 6.22. The van der Waals surface area contributed by atoms with Gasteiger partial charge in [-0.15, -0.1) is 0 Å². The summed E-state index contributed by atoms with van der Waals surface area (Å²) in [6, 6.07) is 8.03. The minimum atomic E-state index is -1.20. The van der Waals surface area contributed by atoms with E-state index in [2.05, 4.69) is 31.3 Å². The molecule has 0 aliphatic rings. The molecule has 4 heteroatoms. The third-order valence-electron chi connectivity index (χ3n) is 3.55. The molecule has 0 saturated carbocycles. The van der Waals surface area contributed by atoms with E-state index in [0.717, 1.165) is 12.0 Å². The van der Waals surface area contributed by atoms with Gasteiger partial charge in [0.25, 0.3) is 0 Å². The van der Waals surface area contributed by atoms with Crippen LogP contribution in [0.25, 0.3) is 0 Å². The fraction of sp³-hybridized carbons (Fsp3) is 0.500. The quantitative estimate of drug-likeness (QED) is 0.827. The number of hydrogen-bond acceptors (Lipinski definition) is 3. The molecule has 110 valence electrons. The molecule has 0 aromatic heterocycles. The van der Waals surface area contributed by atoms with Crippen LogP contribution in [0.1, 0.15) is 63.1 Å². The van der Waals surface area contributed by atoms with Gasteiger partial charge in [-0.2, -0.15) is 0 Å². The fourth-order valence-corrected chi connectivity index (χ4v) is 1.96. The van der Waals surface area contributed by atoms with E-state index in [4.69, 9.17) is 0 Å². The van der Waals surface area contributed by atoms with Crippen LogP contribution in [-0.4, -0.2) is 11.9 Å². The number of benzene rings is 1. The summed E-state index contributed by atoms with van der Waals surface area (Å²) in [6.07, 6.45) is 0.804. The molecule has 0 heterocycles. The lowest BCUT2D eigenvalue weighted by Gasteiger charge is -2.16. The Morgan fingerprint density at radius 2 is 1.65 bits per heavy atom. The Hall–Kier alpha value is -1.84. The molecule has 0 radical (unpaired) electrons. The second-order valence-corrected chi connectivity index (χ2v) is 5.14. The first kappa shape index (κ1) is 16.2. The van der Waals surface area contributed by atoms with Crippen molar-refractivity contribution in [1.82, 2.24) is 5.32 Å². The number of nitrogens with one attached hydrogen (secondary N) is 1. The zero-order valence-electron chi connectivity index (χ0n) is 12.3. The van der Waals surface area contributed by atoms with Crippen LogP contribution in [0.4, 0.5) is 0 Å². The molecule has 0 aliphatic carbocycles. The number of amides is 1. The third-order valence-corrected chi connectivity index (χ3v) is 3.55. The van der Waals surface area contributed by atoms with Crippen LogP contribution in [-0.2, 0) is 9.59 Å². The van der Waals surface area contributed by atoms with Crippen molar-refractivity contribution in [2.24, 2.45) is 0 Å². The summed E-state index contributed by atoms with van der Waals surface area (Å²) in [5.74, 6) is -0.949. The van der Waals surface area contributed by atoms with Crippen molar-refractivity contribution in [3.8, 4) is 0 Å². The molecule has 0 bridgehead atoms.